The Morgan fingerprint density at radius 3 is 2.70 bits per heavy atom. The smallest absolute Gasteiger partial charge is 0.121 e. The lowest BCUT2D eigenvalue weighted by Crippen LogP contribution is -1.95. The Kier molecular flexibility index (Phi) is 5.80. The van der Waals surface area contributed by atoms with E-state index in [1.807, 2.05) is 48.5 Å². The summed E-state index contributed by atoms with van der Waals surface area (Å²) in [6, 6.07) is 15.4. The highest BCUT2D eigenvalue weighted by Crippen LogP contribution is 2.16. The summed E-state index contributed by atoms with van der Waals surface area (Å²) in [5.41, 5.74) is 1.97. The third kappa shape index (κ3) is 4.81. The molecule has 0 fully saturated rings. The molecule has 0 aliphatic heterocycles. The molecule has 2 aromatic rings. The molecule has 0 atom stereocenters. The topological polar surface area (TPSA) is 9.23 Å². The van der Waals surface area contributed by atoms with Crippen LogP contribution in [0, 0.1) is 11.8 Å². The predicted octanol–water partition coefficient (Wildman–Crippen LogP) is 4.90. The first-order valence-electron chi connectivity index (χ1n) is 6.30. The van der Waals surface area contributed by atoms with Crippen molar-refractivity contribution in [2.75, 3.05) is 5.88 Å². The Hall–Kier alpha value is -1.62. The van der Waals surface area contributed by atoms with Crippen molar-refractivity contribution in [2.24, 2.45) is 0 Å². The van der Waals surface area contributed by atoms with Gasteiger partial charge in [0.05, 0.1) is 0 Å². The van der Waals surface area contributed by atoms with Crippen LogP contribution in [0.4, 0.5) is 0 Å². The highest BCUT2D eigenvalue weighted by molar-refractivity contribution is 6.30. The summed E-state index contributed by atoms with van der Waals surface area (Å²) in [6.07, 6.45) is 0.690. The monoisotopic (exact) mass is 304 g/mol. The molecule has 0 saturated carbocycles. The maximum Gasteiger partial charge on any atom is 0.121 e. The van der Waals surface area contributed by atoms with Crippen molar-refractivity contribution in [1.29, 1.82) is 0 Å². The lowest BCUT2D eigenvalue weighted by atomic mass is 10.2. The van der Waals surface area contributed by atoms with Gasteiger partial charge in [-0.2, -0.15) is 0 Å². The lowest BCUT2D eigenvalue weighted by molar-refractivity contribution is 0.306. The molecule has 0 unspecified atom stereocenters. The molecule has 0 saturated heterocycles. The van der Waals surface area contributed by atoms with E-state index in [9.17, 15) is 0 Å². The van der Waals surface area contributed by atoms with Crippen molar-refractivity contribution in [3.63, 3.8) is 0 Å². The first-order valence-corrected chi connectivity index (χ1v) is 7.21. The summed E-state index contributed by atoms with van der Waals surface area (Å²) in [6.45, 7) is 0.485. The Morgan fingerprint density at radius 1 is 1.05 bits per heavy atom. The Balaban J connectivity index is 2.00. The average Bonchev–Trinajstić information content (AvgIpc) is 2.46. The van der Waals surface area contributed by atoms with Gasteiger partial charge in [-0.15, -0.1) is 11.6 Å². The van der Waals surface area contributed by atoms with Gasteiger partial charge in [0.15, 0.2) is 0 Å². The van der Waals surface area contributed by atoms with E-state index < -0.39 is 0 Å². The van der Waals surface area contributed by atoms with Crippen LogP contribution in [-0.2, 0) is 6.61 Å². The summed E-state index contributed by atoms with van der Waals surface area (Å²) >= 11 is 11.5. The van der Waals surface area contributed by atoms with Gasteiger partial charge in [0.1, 0.15) is 12.4 Å². The second kappa shape index (κ2) is 7.85. The summed E-state index contributed by atoms with van der Waals surface area (Å²) in [4.78, 5) is 0. The third-order valence-electron chi connectivity index (χ3n) is 2.58. The van der Waals surface area contributed by atoms with E-state index >= 15 is 0 Å². The predicted molar refractivity (Wildman–Crippen MR) is 84.4 cm³/mol. The molecule has 0 N–H and O–H groups in total. The van der Waals surface area contributed by atoms with Gasteiger partial charge in [-0.3, -0.25) is 0 Å². The summed E-state index contributed by atoms with van der Waals surface area (Å²) in [5.74, 6) is 7.41. The van der Waals surface area contributed by atoms with Crippen LogP contribution >= 0.6 is 23.2 Å². The van der Waals surface area contributed by atoms with Gasteiger partial charge < -0.3 is 4.74 Å². The number of hydrogen-bond acceptors (Lipinski definition) is 1. The number of halogens is 2. The van der Waals surface area contributed by atoms with Gasteiger partial charge in [-0.05, 0) is 35.9 Å². The second-order valence-electron chi connectivity index (χ2n) is 4.19. The minimum atomic E-state index is 0.485. The van der Waals surface area contributed by atoms with E-state index in [4.69, 9.17) is 27.9 Å². The summed E-state index contributed by atoms with van der Waals surface area (Å²) < 4.78 is 5.74. The van der Waals surface area contributed by atoms with Crippen molar-refractivity contribution in [3.05, 3.63) is 64.7 Å². The standard InChI is InChI=1S/C17H14Cl2O/c18-10-2-1-5-14-6-4-9-17(12-14)20-13-15-7-3-8-16(19)11-15/h3-4,6-9,11-12H,2,10,13H2. The molecule has 102 valence electrons. The summed E-state index contributed by atoms with van der Waals surface area (Å²) in [7, 11) is 0. The molecular formula is C17H14Cl2O. The SMILES string of the molecule is ClCCC#Cc1cccc(OCc2cccc(Cl)c2)c1. The fraction of sp³-hybridized carbons (Fsp3) is 0.176. The normalized spacial score (nSPS) is 9.70. The number of rotatable bonds is 4. The van der Waals surface area contributed by atoms with Crippen LogP contribution in [-0.4, -0.2) is 5.88 Å². The van der Waals surface area contributed by atoms with Crippen LogP contribution in [0.1, 0.15) is 17.5 Å². The maximum atomic E-state index is 5.94. The van der Waals surface area contributed by atoms with Crippen molar-refractivity contribution < 1.29 is 4.74 Å². The molecule has 1 nitrogen and oxygen atoms in total. The van der Waals surface area contributed by atoms with Crippen LogP contribution in [0.15, 0.2) is 48.5 Å². The molecule has 2 aromatic carbocycles. The van der Waals surface area contributed by atoms with E-state index in [-0.39, 0.29) is 0 Å². The number of hydrogen-bond donors (Lipinski definition) is 0. The van der Waals surface area contributed by atoms with Crippen LogP contribution in [0.2, 0.25) is 5.02 Å². The van der Waals surface area contributed by atoms with Gasteiger partial charge >= 0.3 is 0 Å². The molecule has 0 aromatic heterocycles. The summed E-state index contributed by atoms with van der Waals surface area (Å²) in [5, 5.41) is 0.715. The Morgan fingerprint density at radius 2 is 1.90 bits per heavy atom. The number of alkyl halides is 1. The number of ether oxygens (including phenoxy) is 1. The first-order chi connectivity index (χ1) is 9.78. The molecule has 0 amide bonds. The Bertz CT molecular complexity index is 626. The molecule has 0 radical (unpaired) electrons. The van der Waals surface area contributed by atoms with E-state index in [0.717, 1.165) is 16.9 Å². The molecule has 0 heterocycles. The molecule has 0 aliphatic carbocycles. The van der Waals surface area contributed by atoms with E-state index in [1.54, 1.807) is 0 Å². The highest BCUT2D eigenvalue weighted by atomic mass is 35.5. The van der Waals surface area contributed by atoms with Gasteiger partial charge in [-0.25, -0.2) is 0 Å². The Labute approximate surface area is 129 Å². The van der Waals surface area contributed by atoms with Crippen LogP contribution in [0.5, 0.6) is 5.75 Å². The van der Waals surface area contributed by atoms with E-state index in [0.29, 0.717) is 23.9 Å². The third-order valence-corrected chi connectivity index (χ3v) is 3.00. The molecule has 2 rings (SSSR count). The van der Waals surface area contributed by atoms with Crippen molar-refractivity contribution >= 4 is 23.2 Å². The fourth-order valence-corrected chi connectivity index (χ4v) is 1.98. The van der Waals surface area contributed by atoms with Crippen LogP contribution in [0.3, 0.4) is 0 Å². The molecular weight excluding hydrogens is 291 g/mol. The largest absolute Gasteiger partial charge is 0.489 e. The molecule has 3 heteroatoms. The highest BCUT2D eigenvalue weighted by Gasteiger charge is 1.98. The zero-order chi connectivity index (χ0) is 14.2. The van der Waals surface area contributed by atoms with Crippen LogP contribution in [0.25, 0.3) is 0 Å². The minimum absolute atomic E-state index is 0.485. The second-order valence-corrected chi connectivity index (χ2v) is 5.00. The molecule has 20 heavy (non-hydrogen) atoms. The van der Waals surface area contributed by atoms with Crippen molar-refractivity contribution in [1.82, 2.24) is 0 Å². The quantitative estimate of drug-likeness (QED) is 0.576. The molecule has 0 bridgehead atoms. The van der Waals surface area contributed by atoms with Crippen molar-refractivity contribution in [2.45, 2.75) is 13.0 Å². The molecule has 0 aliphatic rings. The van der Waals surface area contributed by atoms with Gasteiger partial charge in [-0.1, -0.05) is 41.6 Å². The van der Waals surface area contributed by atoms with Gasteiger partial charge in [0.2, 0.25) is 0 Å². The van der Waals surface area contributed by atoms with Gasteiger partial charge in [0, 0.05) is 22.9 Å². The first kappa shape index (κ1) is 14.8. The maximum absolute atomic E-state index is 5.94. The fourth-order valence-electron chi connectivity index (χ4n) is 1.67. The zero-order valence-electron chi connectivity index (χ0n) is 10.9. The average molecular weight is 305 g/mol. The van der Waals surface area contributed by atoms with Crippen LogP contribution < -0.4 is 4.74 Å². The van der Waals surface area contributed by atoms with Gasteiger partial charge in [0.25, 0.3) is 0 Å². The van der Waals surface area contributed by atoms with E-state index in [2.05, 4.69) is 11.8 Å². The van der Waals surface area contributed by atoms with E-state index in [1.165, 1.54) is 0 Å². The van der Waals surface area contributed by atoms with Crippen molar-refractivity contribution in [3.8, 4) is 17.6 Å². The lowest BCUT2D eigenvalue weighted by Gasteiger charge is -2.06. The number of benzene rings is 2. The molecule has 0 spiro atoms. The minimum Gasteiger partial charge on any atom is -0.489 e. The zero-order valence-corrected chi connectivity index (χ0v) is 12.4.